The van der Waals surface area contributed by atoms with Gasteiger partial charge < -0.3 is 28.4 Å². The molecule has 0 bridgehead atoms. The number of carbonyl (C=O) groups is 5. The van der Waals surface area contributed by atoms with E-state index in [1.807, 2.05) is 36.4 Å². The van der Waals surface area contributed by atoms with Gasteiger partial charge in [-0.3, -0.25) is 19.6 Å². The van der Waals surface area contributed by atoms with Crippen molar-refractivity contribution in [1.29, 1.82) is 0 Å². The number of pyridine rings is 5. The molecule has 0 saturated carbocycles. The predicted molar refractivity (Wildman–Crippen MR) is 293 cm³/mol. The predicted octanol–water partition coefficient (Wildman–Crippen LogP) is 10.8. The van der Waals surface area contributed by atoms with Crippen molar-refractivity contribution in [1.82, 2.24) is 34.7 Å². The standard InChI is InChI=1S/C60H79N7O11/c1-14-73-52(68)31-17-15-16-18-32-74-47-33-45(39-66(35-41-23-19-27-48(62-41)53(69)75-57(2,3)4)36-42-24-20-28-49(63-42)54(70)76-58(5,6)7)61-46(34-47)40-67(37-43-25-21-29-50(64-43)55(71)77-59(8,9)10)38-44-26-22-30-51(65-44)56(72)78-60(11,12)13/h19-30,33-34H,14-18,31-32,35-40H2,1-13H3. The Labute approximate surface area is 460 Å². The summed E-state index contributed by atoms with van der Waals surface area (Å²) in [4.78, 5) is 93.1. The molecule has 0 aliphatic carbocycles. The third-order valence-electron chi connectivity index (χ3n) is 10.7. The fourth-order valence-electron chi connectivity index (χ4n) is 7.77. The van der Waals surface area contributed by atoms with Gasteiger partial charge in [0.05, 0.1) is 47.4 Å². The number of nitrogens with zero attached hydrogens (tertiary/aromatic N) is 7. The van der Waals surface area contributed by atoms with Crippen molar-refractivity contribution in [3.8, 4) is 5.75 Å². The lowest BCUT2D eigenvalue weighted by Crippen LogP contribution is -2.28. The molecule has 0 fully saturated rings. The first-order valence-electron chi connectivity index (χ1n) is 26.6. The number of hydrogen-bond acceptors (Lipinski definition) is 18. The summed E-state index contributed by atoms with van der Waals surface area (Å²) in [6.45, 7) is 25.5. The summed E-state index contributed by atoms with van der Waals surface area (Å²) in [5, 5.41) is 0. The van der Waals surface area contributed by atoms with Crippen molar-refractivity contribution in [3.05, 3.63) is 142 Å². The van der Waals surface area contributed by atoms with Crippen LogP contribution in [0.25, 0.3) is 0 Å². The Morgan fingerprint density at radius 2 is 0.718 bits per heavy atom. The Bertz CT molecular complexity index is 2510. The SMILES string of the molecule is CCOC(=O)CCCCCCOc1cc(CN(Cc2cccc(C(=O)OC(C)(C)C)n2)Cc2cccc(C(=O)OC(C)(C)C)n2)nc(CN(Cc2cccc(C(=O)OC(C)(C)C)n2)Cc2cccc(C(=O)OC(C)(C)C)n2)c1. The minimum Gasteiger partial charge on any atom is -0.493 e. The van der Waals surface area contributed by atoms with E-state index in [1.165, 1.54) is 0 Å². The van der Waals surface area contributed by atoms with E-state index in [0.29, 0.717) is 66.0 Å². The third kappa shape index (κ3) is 22.8. The van der Waals surface area contributed by atoms with Crippen molar-refractivity contribution >= 4 is 29.8 Å². The molecule has 0 aliphatic heterocycles. The molecular formula is C60H79N7O11. The van der Waals surface area contributed by atoms with Crippen LogP contribution in [0.3, 0.4) is 0 Å². The summed E-state index contributed by atoms with van der Waals surface area (Å²) >= 11 is 0. The summed E-state index contributed by atoms with van der Waals surface area (Å²) in [6, 6.07) is 24.5. The molecule has 5 aromatic heterocycles. The summed E-state index contributed by atoms with van der Waals surface area (Å²) in [6.07, 6.45) is 3.47. The molecule has 0 saturated heterocycles. The highest BCUT2D eigenvalue weighted by molar-refractivity contribution is 5.89. The molecule has 0 atom stereocenters. The normalized spacial score (nSPS) is 12.0. The molecule has 0 radical (unpaired) electrons. The van der Waals surface area contributed by atoms with E-state index < -0.39 is 46.3 Å². The zero-order valence-electron chi connectivity index (χ0n) is 47.9. The van der Waals surface area contributed by atoms with Gasteiger partial charge in [-0.05, 0) is 151 Å². The first kappa shape index (κ1) is 61.7. The zero-order chi connectivity index (χ0) is 57.3. The Balaban J connectivity index is 1.56. The Kier molecular flexibility index (Phi) is 22.1. The van der Waals surface area contributed by atoms with Gasteiger partial charge >= 0.3 is 29.8 Å². The minimum atomic E-state index is -0.733. The van der Waals surface area contributed by atoms with Gasteiger partial charge in [-0.2, -0.15) is 0 Å². The molecule has 18 nitrogen and oxygen atoms in total. The van der Waals surface area contributed by atoms with Crippen molar-refractivity contribution in [3.63, 3.8) is 0 Å². The third-order valence-corrected chi connectivity index (χ3v) is 10.7. The largest absolute Gasteiger partial charge is 0.493 e. The molecule has 0 N–H and O–H groups in total. The fraction of sp³-hybridized carbons (Fsp3) is 0.500. The van der Waals surface area contributed by atoms with Gasteiger partial charge in [-0.25, -0.2) is 39.1 Å². The van der Waals surface area contributed by atoms with Gasteiger partial charge in [0, 0.05) is 57.8 Å². The fourth-order valence-corrected chi connectivity index (χ4v) is 7.77. The number of hydrogen-bond donors (Lipinski definition) is 0. The molecule has 5 aromatic rings. The highest BCUT2D eigenvalue weighted by atomic mass is 16.6. The van der Waals surface area contributed by atoms with E-state index in [0.717, 1.165) is 19.3 Å². The van der Waals surface area contributed by atoms with Gasteiger partial charge in [-0.15, -0.1) is 0 Å². The van der Waals surface area contributed by atoms with E-state index in [-0.39, 0.29) is 68.0 Å². The first-order valence-corrected chi connectivity index (χ1v) is 26.6. The number of carbonyl (C=O) groups excluding carboxylic acids is 5. The molecule has 5 heterocycles. The van der Waals surface area contributed by atoms with Crippen LogP contribution in [-0.2, 0) is 67.7 Å². The maximum absolute atomic E-state index is 13.2. The van der Waals surface area contributed by atoms with Crippen LogP contribution in [0.1, 0.15) is 198 Å². The van der Waals surface area contributed by atoms with Crippen LogP contribution >= 0.6 is 0 Å². The number of unbranched alkanes of at least 4 members (excludes halogenated alkanes) is 3. The van der Waals surface area contributed by atoms with Crippen molar-refractivity contribution in [2.75, 3.05) is 13.2 Å². The molecule has 0 unspecified atom stereocenters. The molecule has 5 rings (SSSR count). The molecule has 420 valence electrons. The van der Waals surface area contributed by atoms with Crippen LogP contribution in [0.15, 0.2) is 84.9 Å². The van der Waals surface area contributed by atoms with Crippen LogP contribution < -0.4 is 4.74 Å². The number of esters is 5. The van der Waals surface area contributed by atoms with Crippen LogP contribution in [-0.4, -0.2) is 100 Å². The molecule has 78 heavy (non-hydrogen) atoms. The van der Waals surface area contributed by atoms with Gasteiger partial charge in [0.15, 0.2) is 0 Å². The van der Waals surface area contributed by atoms with Gasteiger partial charge in [-0.1, -0.05) is 37.1 Å². The second-order valence-electron chi connectivity index (χ2n) is 23.0. The van der Waals surface area contributed by atoms with Crippen LogP contribution in [0.2, 0.25) is 0 Å². The van der Waals surface area contributed by atoms with Crippen molar-refractivity contribution < 1.29 is 52.4 Å². The summed E-state index contributed by atoms with van der Waals surface area (Å²) in [7, 11) is 0. The number of ether oxygens (including phenoxy) is 6. The summed E-state index contributed by atoms with van der Waals surface area (Å²) in [5.41, 5.74) is 1.23. The van der Waals surface area contributed by atoms with Crippen LogP contribution in [0.5, 0.6) is 5.75 Å². The topological polar surface area (TPSA) is 212 Å². The highest BCUT2D eigenvalue weighted by Gasteiger charge is 2.25. The van der Waals surface area contributed by atoms with E-state index in [9.17, 15) is 24.0 Å². The smallest absolute Gasteiger partial charge is 0.357 e. The summed E-state index contributed by atoms with van der Waals surface area (Å²) in [5.74, 6) is -1.86. The van der Waals surface area contributed by atoms with Crippen molar-refractivity contribution in [2.45, 2.75) is 184 Å². The first-order chi connectivity index (χ1) is 36.6. The lowest BCUT2D eigenvalue weighted by molar-refractivity contribution is -0.143. The van der Waals surface area contributed by atoms with E-state index in [4.69, 9.17) is 53.3 Å². The van der Waals surface area contributed by atoms with E-state index in [1.54, 1.807) is 139 Å². The van der Waals surface area contributed by atoms with E-state index in [2.05, 4.69) is 9.80 Å². The average molecular weight is 1070 g/mol. The minimum absolute atomic E-state index is 0.154. The second kappa shape index (κ2) is 27.9. The number of rotatable bonds is 25. The van der Waals surface area contributed by atoms with Gasteiger partial charge in [0.1, 0.15) is 50.9 Å². The highest BCUT2D eigenvalue weighted by Crippen LogP contribution is 2.24. The quantitative estimate of drug-likeness (QED) is 0.0302. The summed E-state index contributed by atoms with van der Waals surface area (Å²) < 4.78 is 34.2. The second-order valence-corrected chi connectivity index (χ2v) is 23.0. The molecule has 18 heteroatoms. The van der Waals surface area contributed by atoms with Crippen molar-refractivity contribution in [2.24, 2.45) is 0 Å². The molecule has 0 amide bonds. The Morgan fingerprint density at radius 1 is 0.410 bits per heavy atom. The lowest BCUT2D eigenvalue weighted by atomic mass is 10.1. The maximum atomic E-state index is 13.2. The zero-order valence-corrected chi connectivity index (χ0v) is 47.9. The maximum Gasteiger partial charge on any atom is 0.357 e. The Morgan fingerprint density at radius 3 is 1.03 bits per heavy atom. The van der Waals surface area contributed by atoms with E-state index >= 15 is 0 Å². The van der Waals surface area contributed by atoms with Gasteiger partial charge in [0.2, 0.25) is 0 Å². The Hall–Kier alpha value is -7.18. The number of aromatic nitrogens is 5. The molecule has 0 spiro atoms. The molecular weight excluding hydrogens is 995 g/mol. The monoisotopic (exact) mass is 1070 g/mol. The van der Waals surface area contributed by atoms with Crippen LogP contribution in [0, 0.1) is 0 Å². The molecule has 0 aromatic carbocycles. The lowest BCUT2D eigenvalue weighted by Gasteiger charge is -2.25. The molecule has 0 aliphatic rings. The average Bonchev–Trinajstić information content (AvgIpc) is 3.33. The van der Waals surface area contributed by atoms with Crippen LogP contribution in [0.4, 0.5) is 0 Å². The van der Waals surface area contributed by atoms with Gasteiger partial charge in [0.25, 0.3) is 0 Å².